The minimum Gasteiger partial charge on any atom is -0.386 e. The molecule has 0 aromatic heterocycles. The highest BCUT2D eigenvalue weighted by Gasteiger charge is 2.12. The molecule has 0 spiro atoms. The summed E-state index contributed by atoms with van der Waals surface area (Å²) >= 11 is 0. The van der Waals surface area contributed by atoms with Gasteiger partial charge in [-0.25, -0.2) is 0 Å². The predicted octanol–water partition coefficient (Wildman–Crippen LogP) is -0.243. The first kappa shape index (κ1) is 6.13. The van der Waals surface area contributed by atoms with E-state index in [2.05, 4.69) is 5.32 Å². The SMILES string of the molecule is NC(=O)C1C=CN[CH]C1. The number of nitrogens with two attached hydrogens (primary N) is 1. The van der Waals surface area contributed by atoms with Crippen LogP contribution in [0.1, 0.15) is 6.42 Å². The minimum absolute atomic E-state index is 0.105. The number of carbonyl (C=O) groups excluding carboxylic acids is 1. The molecule has 1 atom stereocenters. The topological polar surface area (TPSA) is 55.1 Å². The molecule has 1 aliphatic rings. The number of hydrogen-bond donors (Lipinski definition) is 2. The zero-order valence-corrected chi connectivity index (χ0v) is 5.00. The summed E-state index contributed by atoms with van der Waals surface area (Å²) in [6.07, 6.45) is 4.19. The van der Waals surface area contributed by atoms with Crippen molar-refractivity contribution in [3.8, 4) is 0 Å². The normalized spacial score (nSPS) is 25.1. The Labute approximate surface area is 53.9 Å². The summed E-state index contributed by atoms with van der Waals surface area (Å²) in [5.41, 5.74) is 5.03. The molecule has 1 rings (SSSR count). The van der Waals surface area contributed by atoms with E-state index in [1.54, 1.807) is 12.3 Å². The van der Waals surface area contributed by atoms with Gasteiger partial charge in [0, 0.05) is 6.54 Å². The Bertz CT molecular complexity index is 142. The van der Waals surface area contributed by atoms with Gasteiger partial charge >= 0.3 is 0 Å². The van der Waals surface area contributed by atoms with Crippen molar-refractivity contribution in [3.05, 3.63) is 18.8 Å². The van der Waals surface area contributed by atoms with Crippen LogP contribution in [0, 0.1) is 12.5 Å². The number of amides is 1. The van der Waals surface area contributed by atoms with Crippen LogP contribution in [0.25, 0.3) is 0 Å². The highest BCUT2D eigenvalue weighted by Crippen LogP contribution is 2.08. The molecule has 3 heteroatoms. The van der Waals surface area contributed by atoms with E-state index in [1.807, 2.05) is 6.54 Å². The summed E-state index contributed by atoms with van der Waals surface area (Å²) in [4.78, 5) is 10.5. The molecule has 1 unspecified atom stereocenters. The Kier molecular flexibility index (Phi) is 1.72. The van der Waals surface area contributed by atoms with Gasteiger partial charge < -0.3 is 11.1 Å². The first-order chi connectivity index (χ1) is 4.30. The molecule has 1 aliphatic heterocycles. The summed E-state index contributed by atoms with van der Waals surface area (Å²) in [5.74, 6) is -0.366. The molecule has 0 bridgehead atoms. The van der Waals surface area contributed by atoms with Crippen LogP contribution in [0.4, 0.5) is 0 Å². The lowest BCUT2D eigenvalue weighted by atomic mass is 10.0. The lowest BCUT2D eigenvalue weighted by Crippen LogP contribution is -2.25. The molecule has 0 aromatic rings. The molecule has 1 amide bonds. The molecule has 0 saturated carbocycles. The van der Waals surface area contributed by atoms with Gasteiger partial charge in [0.1, 0.15) is 0 Å². The largest absolute Gasteiger partial charge is 0.386 e. The van der Waals surface area contributed by atoms with Crippen LogP contribution in [0.2, 0.25) is 0 Å². The lowest BCUT2D eigenvalue weighted by molar-refractivity contribution is -0.120. The third kappa shape index (κ3) is 1.45. The predicted molar refractivity (Wildman–Crippen MR) is 33.9 cm³/mol. The Morgan fingerprint density at radius 2 is 2.56 bits per heavy atom. The van der Waals surface area contributed by atoms with Crippen LogP contribution in [0.3, 0.4) is 0 Å². The maximum absolute atomic E-state index is 10.5. The van der Waals surface area contributed by atoms with Gasteiger partial charge in [0.2, 0.25) is 5.91 Å². The Morgan fingerprint density at radius 1 is 1.78 bits per heavy atom. The smallest absolute Gasteiger partial charge is 0.224 e. The van der Waals surface area contributed by atoms with Crippen LogP contribution in [-0.4, -0.2) is 5.91 Å². The molecular weight excluding hydrogens is 116 g/mol. The summed E-state index contributed by atoms with van der Waals surface area (Å²) in [7, 11) is 0. The molecule has 9 heavy (non-hydrogen) atoms. The summed E-state index contributed by atoms with van der Waals surface area (Å²) in [6.45, 7) is 1.81. The monoisotopic (exact) mass is 125 g/mol. The molecule has 3 nitrogen and oxygen atoms in total. The highest BCUT2D eigenvalue weighted by atomic mass is 16.1. The van der Waals surface area contributed by atoms with Crippen molar-refractivity contribution < 1.29 is 4.79 Å². The molecular formula is C6H9N2O. The number of hydrogen-bond acceptors (Lipinski definition) is 2. The quantitative estimate of drug-likeness (QED) is 0.508. The highest BCUT2D eigenvalue weighted by molar-refractivity contribution is 5.78. The molecule has 0 aromatic carbocycles. The Hall–Kier alpha value is -0.990. The second-order valence-electron chi connectivity index (χ2n) is 1.97. The first-order valence-corrected chi connectivity index (χ1v) is 2.84. The van der Waals surface area contributed by atoms with Gasteiger partial charge in [-0.05, 0) is 12.6 Å². The molecule has 3 N–H and O–H groups in total. The van der Waals surface area contributed by atoms with Crippen molar-refractivity contribution in [2.75, 3.05) is 0 Å². The van der Waals surface area contributed by atoms with Crippen molar-refractivity contribution in [1.82, 2.24) is 5.32 Å². The summed E-state index contributed by atoms with van der Waals surface area (Å²) < 4.78 is 0. The van der Waals surface area contributed by atoms with Crippen LogP contribution in [0.15, 0.2) is 12.3 Å². The van der Waals surface area contributed by atoms with Crippen molar-refractivity contribution in [3.63, 3.8) is 0 Å². The van der Waals surface area contributed by atoms with Gasteiger partial charge in [-0.15, -0.1) is 0 Å². The van der Waals surface area contributed by atoms with E-state index in [0.717, 1.165) is 0 Å². The Morgan fingerprint density at radius 3 is 2.89 bits per heavy atom. The molecule has 0 aliphatic carbocycles. The van der Waals surface area contributed by atoms with E-state index in [9.17, 15) is 4.79 Å². The van der Waals surface area contributed by atoms with E-state index < -0.39 is 0 Å². The average molecular weight is 125 g/mol. The molecule has 0 fully saturated rings. The number of nitrogens with one attached hydrogen (secondary N) is 1. The molecule has 1 radical (unpaired) electrons. The second-order valence-corrected chi connectivity index (χ2v) is 1.97. The third-order valence-corrected chi connectivity index (χ3v) is 1.28. The Balaban J connectivity index is 2.50. The maximum atomic E-state index is 10.5. The fraction of sp³-hybridized carbons (Fsp3) is 0.333. The number of carbonyl (C=O) groups is 1. The second kappa shape index (κ2) is 2.53. The van der Waals surface area contributed by atoms with E-state index >= 15 is 0 Å². The zero-order valence-electron chi connectivity index (χ0n) is 5.00. The number of rotatable bonds is 1. The fourth-order valence-corrected chi connectivity index (χ4v) is 0.724. The van der Waals surface area contributed by atoms with Crippen molar-refractivity contribution >= 4 is 5.91 Å². The third-order valence-electron chi connectivity index (χ3n) is 1.28. The lowest BCUT2D eigenvalue weighted by Gasteiger charge is -2.12. The van der Waals surface area contributed by atoms with E-state index in [0.29, 0.717) is 6.42 Å². The van der Waals surface area contributed by atoms with E-state index in [-0.39, 0.29) is 11.8 Å². The zero-order chi connectivity index (χ0) is 6.69. The van der Waals surface area contributed by atoms with Gasteiger partial charge in [-0.1, -0.05) is 6.08 Å². The fourth-order valence-electron chi connectivity index (χ4n) is 0.724. The van der Waals surface area contributed by atoms with Crippen molar-refractivity contribution in [2.45, 2.75) is 6.42 Å². The number of primary amides is 1. The van der Waals surface area contributed by atoms with Gasteiger partial charge in [-0.3, -0.25) is 4.79 Å². The summed E-state index contributed by atoms with van der Waals surface area (Å²) in [6, 6.07) is 0. The van der Waals surface area contributed by atoms with Gasteiger partial charge in [0.05, 0.1) is 5.92 Å². The average Bonchev–Trinajstić information content (AvgIpc) is 1.90. The van der Waals surface area contributed by atoms with Crippen LogP contribution in [0.5, 0.6) is 0 Å². The maximum Gasteiger partial charge on any atom is 0.224 e. The van der Waals surface area contributed by atoms with E-state index in [1.165, 1.54) is 0 Å². The molecule has 1 heterocycles. The van der Waals surface area contributed by atoms with Crippen LogP contribution < -0.4 is 11.1 Å². The van der Waals surface area contributed by atoms with Crippen LogP contribution in [-0.2, 0) is 4.79 Å². The summed E-state index contributed by atoms with van der Waals surface area (Å²) in [5, 5.41) is 2.86. The van der Waals surface area contributed by atoms with Crippen molar-refractivity contribution in [1.29, 1.82) is 0 Å². The molecule has 0 saturated heterocycles. The van der Waals surface area contributed by atoms with Gasteiger partial charge in [-0.2, -0.15) is 0 Å². The van der Waals surface area contributed by atoms with E-state index in [4.69, 9.17) is 5.73 Å². The van der Waals surface area contributed by atoms with Gasteiger partial charge in [0.15, 0.2) is 0 Å². The first-order valence-electron chi connectivity index (χ1n) is 2.84. The standard InChI is InChI=1S/C6H9N2O/c7-6(9)5-1-3-8-4-2-5/h1,3-5,8H,2H2,(H2,7,9). The van der Waals surface area contributed by atoms with Gasteiger partial charge in [0.25, 0.3) is 0 Å². The van der Waals surface area contributed by atoms with Crippen LogP contribution >= 0.6 is 0 Å². The molecule has 49 valence electrons. The van der Waals surface area contributed by atoms with Crippen molar-refractivity contribution in [2.24, 2.45) is 11.7 Å². The minimum atomic E-state index is -0.260.